The molecule has 2 aromatic rings. The highest BCUT2D eigenvalue weighted by atomic mass is 32.1. The summed E-state index contributed by atoms with van der Waals surface area (Å²) in [6, 6.07) is 8.37. The first kappa shape index (κ1) is 23.2. The number of hydrogen-bond acceptors (Lipinski definition) is 5. The molecule has 2 aliphatic heterocycles. The molecule has 0 bridgehead atoms. The van der Waals surface area contributed by atoms with E-state index in [1.54, 1.807) is 21.9 Å². The molecule has 0 unspecified atom stereocenters. The van der Waals surface area contributed by atoms with E-state index in [-0.39, 0.29) is 23.5 Å². The van der Waals surface area contributed by atoms with E-state index in [1.165, 1.54) is 24.5 Å². The van der Waals surface area contributed by atoms with E-state index in [2.05, 4.69) is 5.32 Å². The summed E-state index contributed by atoms with van der Waals surface area (Å²) in [5, 5.41) is 4.95. The molecule has 3 amide bonds. The molecule has 3 heterocycles. The molecule has 2 saturated heterocycles. The molecule has 1 aromatic heterocycles. The van der Waals surface area contributed by atoms with E-state index in [4.69, 9.17) is 4.74 Å². The standard InChI is InChI=1S/C24H28FN3O4S/c1-32-19-15-17(4-5-18(19)25)16-24(8-6-21(29)26-24)9-7-22(30)27-10-12-28(13-11-27)23(31)20-3-2-14-33-20/h2-5,14-15H,6-13,16H2,1H3,(H,26,29)/t24-/m0/s1. The van der Waals surface area contributed by atoms with Gasteiger partial charge in [-0.1, -0.05) is 12.1 Å². The third-order valence-electron chi connectivity index (χ3n) is 6.46. The Bertz CT molecular complexity index is 1020. The van der Waals surface area contributed by atoms with Crippen LogP contribution in [0.3, 0.4) is 0 Å². The number of methoxy groups -OCH3 is 1. The van der Waals surface area contributed by atoms with Gasteiger partial charge in [0.1, 0.15) is 0 Å². The minimum atomic E-state index is -0.535. The topological polar surface area (TPSA) is 79.0 Å². The second kappa shape index (κ2) is 9.91. The quantitative estimate of drug-likeness (QED) is 0.671. The molecule has 2 fully saturated rings. The summed E-state index contributed by atoms with van der Waals surface area (Å²) >= 11 is 1.42. The van der Waals surface area contributed by atoms with E-state index in [0.29, 0.717) is 63.2 Å². The molecule has 0 spiro atoms. The van der Waals surface area contributed by atoms with E-state index < -0.39 is 11.4 Å². The number of ether oxygens (including phenoxy) is 1. The van der Waals surface area contributed by atoms with Crippen LogP contribution in [0.2, 0.25) is 0 Å². The number of hydrogen-bond donors (Lipinski definition) is 1. The number of thiophene rings is 1. The van der Waals surface area contributed by atoms with Crippen molar-refractivity contribution in [2.24, 2.45) is 0 Å². The summed E-state index contributed by atoms with van der Waals surface area (Å²) in [5.41, 5.74) is 0.315. The Morgan fingerprint density at radius 2 is 1.94 bits per heavy atom. The van der Waals surface area contributed by atoms with Gasteiger partial charge in [0.25, 0.3) is 5.91 Å². The normalized spacial score (nSPS) is 20.6. The lowest BCUT2D eigenvalue weighted by Crippen LogP contribution is -2.51. The van der Waals surface area contributed by atoms with Crippen molar-refractivity contribution >= 4 is 29.1 Å². The molecular weight excluding hydrogens is 445 g/mol. The van der Waals surface area contributed by atoms with Crippen molar-refractivity contribution in [2.45, 2.75) is 37.6 Å². The van der Waals surface area contributed by atoms with Crippen molar-refractivity contribution in [2.75, 3.05) is 33.3 Å². The van der Waals surface area contributed by atoms with Crippen LogP contribution < -0.4 is 10.1 Å². The zero-order valence-electron chi connectivity index (χ0n) is 18.6. The zero-order valence-corrected chi connectivity index (χ0v) is 19.5. The first-order valence-corrected chi connectivity index (χ1v) is 12.0. The highest BCUT2D eigenvalue weighted by Gasteiger charge is 2.38. The van der Waals surface area contributed by atoms with Crippen LogP contribution in [0.5, 0.6) is 5.75 Å². The molecule has 7 nitrogen and oxygen atoms in total. The van der Waals surface area contributed by atoms with Crippen molar-refractivity contribution < 1.29 is 23.5 Å². The fraction of sp³-hybridized carbons (Fsp3) is 0.458. The maximum absolute atomic E-state index is 13.8. The average Bonchev–Trinajstić information content (AvgIpc) is 3.49. The van der Waals surface area contributed by atoms with Gasteiger partial charge in [-0.05, 0) is 48.4 Å². The number of nitrogens with zero attached hydrogens (tertiary/aromatic N) is 2. The largest absolute Gasteiger partial charge is 0.494 e. The van der Waals surface area contributed by atoms with Gasteiger partial charge in [-0.2, -0.15) is 0 Å². The number of carbonyl (C=O) groups excluding carboxylic acids is 3. The lowest BCUT2D eigenvalue weighted by atomic mass is 9.84. The van der Waals surface area contributed by atoms with Gasteiger partial charge < -0.3 is 19.9 Å². The fourth-order valence-electron chi connectivity index (χ4n) is 4.61. The van der Waals surface area contributed by atoms with Gasteiger partial charge in [-0.25, -0.2) is 4.39 Å². The van der Waals surface area contributed by atoms with Crippen LogP contribution in [-0.4, -0.2) is 66.3 Å². The van der Waals surface area contributed by atoms with Gasteiger partial charge in [0.15, 0.2) is 11.6 Å². The molecule has 0 aliphatic carbocycles. The molecule has 33 heavy (non-hydrogen) atoms. The Morgan fingerprint density at radius 3 is 2.58 bits per heavy atom. The number of nitrogens with one attached hydrogen (secondary N) is 1. The number of benzene rings is 1. The van der Waals surface area contributed by atoms with Crippen LogP contribution >= 0.6 is 11.3 Å². The Balaban J connectivity index is 1.34. The number of piperazine rings is 1. The van der Waals surface area contributed by atoms with E-state index in [0.717, 1.165) is 5.56 Å². The van der Waals surface area contributed by atoms with E-state index in [1.807, 2.05) is 17.5 Å². The zero-order chi connectivity index (χ0) is 23.4. The van der Waals surface area contributed by atoms with Gasteiger partial charge in [0.05, 0.1) is 12.0 Å². The SMILES string of the molecule is COc1cc(C[C@@]2(CCC(=O)N3CCN(C(=O)c4cccs4)CC3)CCC(=O)N2)ccc1F. The minimum Gasteiger partial charge on any atom is -0.494 e. The Kier molecular flexibility index (Phi) is 6.97. The van der Waals surface area contributed by atoms with Crippen molar-refractivity contribution in [1.29, 1.82) is 0 Å². The van der Waals surface area contributed by atoms with Crippen molar-refractivity contribution in [1.82, 2.24) is 15.1 Å². The summed E-state index contributed by atoms with van der Waals surface area (Å²) in [4.78, 5) is 41.8. The van der Waals surface area contributed by atoms with Crippen LogP contribution in [0.15, 0.2) is 35.7 Å². The second-order valence-corrected chi connectivity index (χ2v) is 9.57. The molecule has 0 radical (unpaired) electrons. The predicted octanol–water partition coefficient (Wildman–Crippen LogP) is 2.85. The number of rotatable bonds is 7. The second-order valence-electron chi connectivity index (χ2n) is 8.62. The Hall–Kier alpha value is -2.94. The summed E-state index contributed by atoms with van der Waals surface area (Å²) in [7, 11) is 1.42. The first-order valence-electron chi connectivity index (χ1n) is 11.1. The molecule has 1 atom stereocenters. The van der Waals surface area contributed by atoms with Crippen molar-refractivity contribution in [3.05, 3.63) is 52.0 Å². The molecule has 9 heteroatoms. The molecule has 2 aliphatic rings. The molecule has 1 N–H and O–H groups in total. The van der Waals surface area contributed by atoms with Crippen molar-refractivity contribution in [3.63, 3.8) is 0 Å². The lowest BCUT2D eigenvalue weighted by molar-refractivity contribution is -0.133. The van der Waals surface area contributed by atoms with Crippen LogP contribution in [0.4, 0.5) is 4.39 Å². The summed E-state index contributed by atoms with van der Waals surface area (Å²) in [5.74, 6) is -0.261. The number of halogens is 1. The van der Waals surface area contributed by atoms with Crippen molar-refractivity contribution in [3.8, 4) is 5.75 Å². The number of amides is 3. The summed E-state index contributed by atoms with van der Waals surface area (Å²) in [6.07, 6.45) is 2.35. The maximum atomic E-state index is 13.8. The Morgan fingerprint density at radius 1 is 1.18 bits per heavy atom. The average molecular weight is 474 g/mol. The van der Waals surface area contributed by atoms with Crippen LogP contribution in [-0.2, 0) is 16.0 Å². The first-order chi connectivity index (χ1) is 15.9. The number of carbonyl (C=O) groups is 3. The maximum Gasteiger partial charge on any atom is 0.264 e. The van der Waals surface area contributed by atoms with Crippen LogP contribution in [0, 0.1) is 5.82 Å². The van der Waals surface area contributed by atoms with Crippen LogP contribution in [0.1, 0.15) is 40.9 Å². The molecule has 4 rings (SSSR count). The highest BCUT2D eigenvalue weighted by Crippen LogP contribution is 2.31. The highest BCUT2D eigenvalue weighted by molar-refractivity contribution is 7.12. The Labute approximate surface area is 196 Å². The molecule has 0 saturated carbocycles. The molecule has 176 valence electrons. The van der Waals surface area contributed by atoms with Gasteiger partial charge in [0.2, 0.25) is 11.8 Å². The molecule has 1 aromatic carbocycles. The van der Waals surface area contributed by atoms with Gasteiger partial charge in [-0.15, -0.1) is 11.3 Å². The summed E-state index contributed by atoms with van der Waals surface area (Å²) in [6.45, 7) is 2.04. The third-order valence-corrected chi connectivity index (χ3v) is 7.32. The summed E-state index contributed by atoms with van der Waals surface area (Å²) < 4.78 is 18.9. The van der Waals surface area contributed by atoms with Gasteiger partial charge in [0, 0.05) is 44.6 Å². The van der Waals surface area contributed by atoms with E-state index in [9.17, 15) is 18.8 Å². The fourth-order valence-corrected chi connectivity index (χ4v) is 5.30. The van der Waals surface area contributed by atoms with Gasteiger partial charge in [-0.3, -0.25) is 14.4 Å². The minimum absolute atomic E-state index is 0.0134. The van der Waals surface area contributed by atoms with E-state index >= 15 is 0 Å². The van der Waals surface area contributed by atoms with Gasteiger partial charge >= 0.3 is 0 Å². The monoisotopic (exact) mass is 473 g/mol. The predicted molar refractivity (Wildman–Crippen MR) is 123 cm³/mol. The molecular formula is C24H28FN3O4S. The third kappa shape index (κ3) is 5.35. The smallest absolute Gasteiger partial charge is 0.264 e. The van der Waals surface area contributed by atoms with Crippen LogP contribution in [0.25, 0.3) is 0 Å². The lowest BCUT2D eigenvalue weighted by Gasteiger charge is -2.36.